The molecule has 0 aromatic heterocycles. The second kappa shape index (κ2) is 7.14. The van der Waals surface area contributed by atoms with Crippen LogP contribution in [0.15, 0.2) is 24.3 Å². The maximum atomic E-state index is 11.9. The molecule has 1 fully saturated rings. The lowest BCUT2D eigenvalue weighted by Crippen LogP contribution is -2.37. The van der Waals surface area contributed by atoms with E-state index >= 15 is 0 Å². The second-order valence-corrected chi connectivity index (χ2v) is 4.89. The molecule has 1 aliphatic rings. The summed E-state index contributed by atoms with van der Waals surface area (Å²) in [5.41, 5.74) is 0.680. The molecular formula is C15H22N2O2. The molecule has 1 heterocycles. The van der Waals surface area contributed by atoms with Crippen molar-refractivity contribution in [3.8, 4) is 5.75 Å². The zero-order valence-electron chi connectivity index (χ0n) is 11.5. The molecule has 0 spiro atoms. The van der Waals surface area contributed by atoms with Crippen LogP contribution in [0.25, 0.3) is 0 Å². The lowest BCUT2D eigenvalue weighted by Gasteiger charge is -2.26. The van der Waals surface area contributed by atoms with Crippen LogP contribution in [-0.4, -0.2) is 44.1 Å². The maximum absolute atomic E-state index is 11.9. The second-order valence-electron chi connectivity index (χ2n) is 4.89. The highest BCUT2D eigenvalue weighted by Gasteiger charge is 2.10. The number of hydrogen-bond donors (Lipinski definition) is 1. The maximum Gasteiger partial charge on any atom is 0.251 e. The number of rotatable bonds is 5. The smallest absolute Gasteiger partial charge is 0.251 e. The van der Waals surface area contributed by atoms with Crippen molar-refractivity contribution >= 4 is 5.91 Å². The van der Waals surface area contributed by atoms with Crippen LogP contribution in [0.5, 0.6) is 5.75 Å². The molecule has 1 saturated heterocycles. The van der Waals surface area contributed by atoms with Crippen LogP contribution >= 0.6 is 0 Å². The van der Waals surface area contributed by atoms with Gasteiger partial charge < -0.3 is 15.0 Å². The minimum absolute atomic E-state index is 0.0142. The number of methoxy groups -OCH3 is 1. The third kappa shape index (κ3) is 4.24. The summed E-state index contributed by atoms with van der Waals surface area (Å²) in [5, 5.41) is 2.96. The molecule has 0 radical (unpaired) electrons. The molecule has 19 heavy (non-hydrogen) atoms. The quantitative estimate of drug-likeness (QED) is 0.881. The molecule has 1 amide bonds. The molecule has 1 aromatic rings. The lowest BCUT2D eigenvalue weighted by molar-refractivity contribution is 0.0946. The summed E-state index contributed by atoms with van der Waals surface area (Å²) in [4.78, 5) is 14.3. The van der Waals surface area contributed by atoms with Gasteiger partial charge in [-0.05, 0) is 50.2 Å². The Morgan fingerprint density at radius 3 is 2.53 bits per heavy atom. The molecule has 0 aliphatic carbocycles. The van der Waals surface area contributed by atoms with Crippen LogP contribution in [0.1, 0.15) is 29.6 Å². The van der Waals surface area contributed by atoms with Crippen molar-refractivity contribution in [2.45, 2.75) is 19.3 Å². The fraction of sp³-hybridized carbons (Fsp3) is 0.533. The van der Waals surface area contributed by atoms with E-state index in [1.807, 2.05) is 0 Å². The van der Waals surface area contributed by atoms with E-state index in [1.54, 1.807) is 31.4 Å². The first kappa shape index (κ1) is 13.9. The highest BCUT2D eigenvalue weighted by Crippen LogP contribution is 2.11. The predicted molar refractivity (Wildman–Crippen MR) is 75.6 cm³/mol. The summed E-state index contributed by atoms with van der Waals surface area (Å²) >= 11 is 0. The summed E-state index contributed by atoms with van der Waals surface area (Å²) in [6, 6.07) is 7.18. The normalized spacial score (nSPS) is 16.1. The monoisotopic (exact) mass is 262 g/mol. The summed E-state index contributed by atoms with van der Waals surface area (Å²) in [7, 11) is 1.62. The molecular weight excluding hydrogens is 240 g/mol. The van der Waals surface area contributed by atoms with Gasteiger partial charge in [-0.2, -0.15) is 0 Å². The van der Waals surface area contributed by atoms with Crippen molar-refractivity contribution in [1.82, 2.24) is 10.2 Å². The Labute approximate surface area is 114 Å². The fourth-order valence-corrected chi connectivity index (χ4v) is 2.36. The number of carbonyl (C=O) groups excluding carboxylic acids is 1. The largest absolute Gasteiger partial charge is 0.497 e. The molecule has 104 valence electrons. The fourth-order valence-electron chi connectivity index (χ4n) is 2.36. The number of benzene rings is 1. The Morgan fingerprint density at radius 1 is 1.21 bits per heavy atom. The Bertz CT molecular complexity index is 397. The van der Waals surface area contributed by atoms with Crippen LogP contribution in [0, 0.1) is 0 Å². The van der Waals surface area contributed by atoms with E-state index in [2.05, 4.69) is 10.2 Å². The van der Waals surface area contributed by atoms with Gasteiger partial charge in [0.25, 0.3) is 5.91 Å². The Kier molecular flexibility index (Phi) is 5.21. The third-order valence-corrected chi connectivity index (χ3v) is 3.51. The van der Waals surface area contributed by atoms with Crippen LogP contribution < -0.4 is 10.1 Å². The van der Waals surface area contributed by atoms with Crippen molar-refractivity contribution in [2.75, 3.05) is 33.3 Å². The number of likely N-dealkylation sites (tertiary alicyclic amines) is 1. The van der Waals surface area contributed by atoms with Gasteiger partial charge in [-0.15, -0.1) is 0 Å². The number of ether oxygens (including phenoxy) is 1. The minimum Gasteiger partial charge on any atom is -0.497 e. The van der Waals surface area contributed by atoms with E-state index in [-0.39, 0.29) is 5.91 Å². The number of piperidine rings is 1. The highest BCUT2D eigenvalue weighted by molar-refractivity contribution is 5.94. The first-order valence-corrected chi connectivity index (χ1v) is 6.94. The molecule has 0 saturated carbocycles. The molecule has 1 N–H and O–H groups in total. The van der Waals surface area contributed by atoms with Gasteiger partial charge >= 0.3 is 0 Å². The van der Waals surface area contributed by atoms with Gasteiger partial charge in [0.05, 0.1) is 7.11 Å². The lowest BCUT2D eigenvalue weighted by atomic mass is 10.1. The van der Waals surface area contributed by atoms with E-state index in [1.165, 1.54) is 32.4 Å². The summed E-state index contributed by atoms with van der Waals surface area (Å²) in [5.74, 6) is 0.754. The SMILES string of the molecule is COc1ccc(C(=O)NCCN2CCCCC2)cc1. The van der Waals surface area contributed by atoms with E-state index in [0.717, 1.165) is 12.3 Å². The van der Waals surface area contributed by atoms with Crippen LogP contribution in [0.4, 0.5) is 0 Å². The number of nitrogens with zero attached hydrogens (tertiary/aromatic N) is 1. The van der Waals surface area contributed by atoms with E-state index in [0.29, 0.717) is 12.1 Å². The Balaban J connectivity index is 1.73. The van der Waals surface area contributed by atoms with Crippen molar-refractivity contribution in [3.05, 3.63) is 29.8 Å². The molecule has 0 atom stereocenters. The topological polar surface area (TPSA) is 41.6 Å². The molecule has 0 unspecified atom stereocenters. The van der Waals surface area contributed by atoms with Gasteiger partial charge in [-0.1, -0.05) is 6.42 Å². The average Bonchev–Trinajstić information content (AvgIpc) is 2.48. The van der Waals surface area contributed by atoms with Gasteiger partial charge in [0.1, 0.15) is 5.75 Å². The highest BCUT2D eigenvalue weighted by atomic mass is 16.5. The molecule has 1 aromatic carbocycles. The molecule has 2 rings (SSSR count). The zero-order valence-corrected chi connectivity index (χ0v) is 11.5. The van der Waals surface area contributed by atoms with Crippen molar-refractivity contribution in [3.63, 3.8) is 0 Å². The van der Waals surface area contributed by atoms with Gasteiger partial charge in [0.2, 0.25) is 0 Å². The summed E-state index contributed by atoms with van der Waals surface area (Å²) < 4.78 is 5.07. The first-order chi connectivity index (χ1) is 9.29. The van der Waals surface area contributed by atoms with Crippen LogP contribution in [-0.2, 0) is 0 Å². The van der Waals surface area contributed by atoms with Gasteiger partial charge in [0.15, 0.2) is 0 Å². The van der Waals surface area contributed by atoms with Gasteiger partial charge in [0, 0.05) is 18.7 Å². The Morgan fingerprint density at radius 2 is 1.89 bits per heavy atom. The first-order valence-electron chi connectivity index (χ1n) is 6.94. The standard InChI is InChI=1S/C15H22N2O2/c1-19-14-7-5-13(6-8-14)15(18)16-9-12-17-10-3-2-4-11-17/h5-8H,2-4,9-12H2,1H3,(H,16,18). The number of carbonyl (C=O) groups is 1. The van der Waals surface area contributed by atoms with Crippen molar-refractivity contribution in [2.24, 2.45) is 0 Å². The number of nitrogens with one attached hydrogen (secondary N) is 1. The predicted octanol–water partition coefficient (Wildman–Crippen LogP) is 1.91. The van der Waals surface area contributed by atoms with Gasteiger partial charge in [-0.25, -0.2) is 0 Å². The van der Waals surface area contributed by atoms with Crippen LogP contribution in [0.3, 0.4) is 0 Å². The Hall–Kier alpha value is -1.55. The van der Waals surface area contributed by atoms with E-state index in [9.17, 15) is 4.79 Å². The number of hydrogen-bond acceptors (Lipinski definition) is 3. The third-order valence-electron chi connectivity index (χ3n) is 3.51. The minimum atomic E-state index is -0.0142. The molecule has 4 heteroatoms. The summed E-state index contributed by atoms with van der Waals surface area (Å²) in [6.45, 7) is 3.99. The van der Waals surface area contributed by atoms with Crippen molar-refractivity contribution in [1.29, 1.82) is 0 Å². The van der Waals surface area contributed by atoms with Crippen LogP contribution in [0.2, 0.25) is 0 Å². The summed E-state index contributed by atoms with van der Waals surface area (Å²) in [6.07, 6.45) is 3.91. The molecule has 0 bridgehead atoms. The van der Waals surface area contributed by atoms with Gasteiger partial charge in [-0.3, -0.25) is 4.79 Å². The molecule has 1 aliphatic heterocycles. The van der Waals surface area contributed by atoms with Crippen molar-refractivity contribution < 1.29 is 9.53 Å². The van der Waals surface area contributed by atoms with E-state index < -0.39 is 0 Å². The zero-order chi connectivity index (χ0) is 13.5. The number of amides is 1. The van der Waals surface area contributed by atoms with E-state index in [4.69, 9.17) is 4.74 Å². The average molecular weight is 262 g/mol. The molecule has 4 nitrogen and oxygen atoms in total.